The van der Waals surface area contributed by atoms with Gasteiger partial charge in [-0.1, -0.05) is 0 Å². The van der Waals surface area contributed by atoms with E-state index < -0.39 is 0 Å². The topological polar surface area (TPSA) is 33.7 Å². The summed E-state index contributed by atoms with van der Waals surface area (Å²) in [7, 11) is 3.62. The van der Waals surface area contributed by atoms with E-state index in [1.165, 1.54) is 25.9 Å². The van der Waals surface area contributed by atoms with Gasteiger partial charge < -0.3 is 14.8 Å². The standard InChI is InChI=1S/C15H24N2O2/c1-16-12-13-11-14(18-2)5-6-15(13)19-10-9-17-7-3-4-8-17/h5-6,11,16H,3-4,7-10,12H2,1-2H3. The summed E-state index contributed by atoms with van der Waals surface area (Å²) in [5.74, 6) is 1.83. The van der Waals surface area contributed by atoms with Gasteiger partial charge in [0.25, 0.3) is 0 Å². The van der Waals surface area contributed by atoms with Gasteiger partial charge >= 0.3 is 0 Å². The third-order valence-electron chi connectivity index (χ3n) is 3.50. The van der Waals surface area contributed by atoms with Crippen LogP contribution in [0.4, 0.5) is 0 Å². The van der Waals surface area contributed by atoms with Crippen molar-refractivity contribution in [3.05, 3.63) is 23.8 Å². The van der Waals surface area contributed by atoms with Crippen LogP contribution in [0.15, 0.2) is 18.2 Å². The summed E-state index contributed by atoms with van der Waals surface area (Å²) >= 11 is 0. The molecule has 106 valence electrons. The highest BCUT2D eigenvalue weighted by atomic mass is 16.5. The number of nitrogens with zero attached hydrogens (tertiary/aromatic N) is 1. The molecule has 0 unspecified atom stereocenters. The van der Waals surface area contributed by atoms with Crippen molar-refractivity contribution < 1.29 is 9.47 Å². The van der Waals surface area contributed by atoms with Crippen molar-refractivity contribution in [3.8, 4) is 11.5 Å². The first-order valence-electron chi connectivity index (χ1n) is 7.00. The zero-order valence-corrected chi connectivity index (χ0v) is 11.9. The van der Waals surface area contributed by atoms with Gasteiger partial charge in [0.15, 0.2) is 0 Å². The molecule has 0 spiro atoms. The van der Waals surface area contributed by atoms with Gasteiger partial charge in [0.2, 0.25) is 0 Å². The lowest BCUT2D eigenvalue weighted by molar-refractivity contribution is 0.236. The van der Waals surface area contributed by atoms with Gasteiger partial charge in [-0.3, -0.25) is 4.90 Å². The highest BCUT2D eigenvalue weighted by molar-refractivity contribution is 5.40. The van der Waals surface area contributed by atoms with E-state index >= 15 is 0 Å². The summed E-state index contributed by atoms with van der Waals surface area (Å²) in [6, 6.07) is 5.97. The minimum absolute atomic E-state index is 0.753. The van der Waals surface area contributed by atoms with E-state index in [4.69, 9.17) is 9.47 Å². The molecule has 19 heavy (non-hydrogen) atoms. The first-order valence-corrected chi connectivity index (χ1v) is 7.00. The molecule has 1 aliphatic heterocycles. The van der Waals surface area contributed by atoms with Crippen LogP contribution in [0.3, 0.4) is 0 Å². The second-order valence-electron chi connectivity index (χ2n) is 4.90. The Balaban J connectivity index is 1.90. The maximum absolute atomic E-state index is 5.91. The van der Waals surface area contributed by atoms with Crippen LogP contribution in [-0.2, 0) is 6.54 Å². The van der Waals surface area contributed by atoms with Crippen molar-refractivity contribution in [2.24, 2.45) is 0 Å². The molecule has 0 bridgehead atoms. The first kappa shape index (κ1) is 14.2. The van der Waals surface area contributed by atoms with E-state index in [0.29, 0.717) is 0 Å². The van der Waals surface area contributed by atoms with E-state index in [-0.39, 0.29) is 0 Å². The quantitative estimate of drug-likeness (QED) is 0.815. The number of hydrogen-bond acceptors (Lipinski definition) is 4. The summed E-state index contributed by atoms with van der Waals surface area (Å²) < 4.78 is 11.2. The van der Waals surface area contributed by atoms with E-state index in [9.17, 15) is 0 Å². The molecule has 0 radical (unpaired) electrons. The van der Waals surface area contributed by atoms with Gasteiger partial charge in [0.1, 0.15) is 18.1 Å². The molecule has 0 amide bonds. The number of rotatable bonds is 7. The summed E-state index contributed by atoms with van der Waals surface area (Å²) in [5.41, 5.74) is 1.14. The maximum Gasteiger partial charge on any atom is 0.124 e. The number of hydrogen-bond donors (Lipinski definition) is 1. The van der Waals surface area contributed by atoms with Gasteiger partial charge in [0, 0.05) is 18.7 Å². The second-order valence-corrected chi connectivity index (χ2v) is 4.90. The number of methoxy groups -OCH3 is 1. The van der Waals surface area contributed by atoms with Crippen molar-refractivity contribution in [1.82, 2.24) is 10.2 Å². The Kier molecular flexibility index (Phi) is 5.48. The predicted molar refractivity (Wildman–Crippen MR) is 76.9 cm³/mol. The Hall–Kier alpha value is -1.26. The van der Waals surface area contributed by atoms with Crippen molar-refractivity contribution in [2.75, 3.05) is 40.4 Å². The fourth-order valence-electron chi connectivity index (χ4n) is 2.44. The van der Waals surface area contributed by atoms with E-state index in [0.717, 1.165) is 36.8 Å². The Morgan fingerprint density at radius 1 is 1.26 bits per heavy atom. The Morgan fingerprint density at radius 2 is 2.05 bits per heavy atom. The van der Waals surface area contributed by atoms with Gasteiger partial charge in [-0.2, -0.15) is 0 Å². The molecule has 4 nitrogen and oxygen atoms in total. The highest BCUT2D eigenvalue weighted by Crippen LogP contribution is 2.24. The molecule has 0 aliphatic carbocycles. The van der Waals surface area contributed by atoms with Gasteiger partial charge in [-0.15, -0.1) is 0 Å². The molecule has 1 N–H and O–H groups in total. The molecule has 0 atom stereocenters. The zero-order valence-electron chi connectivity index (χ0n) is 11.9. The fraction of sp³-hybridized carbons (Fsp3) is 0.600. The van der Waals surface area contributed by atoms with Crippen LogP contribution in [0, 0.1) is 0 Å². The lowest BCUT2D eigenvalue weighted by Gasteiger charge is -2.17. The molecular weight excluding hydrogens is 240 g/mol. The lowest BCUT2D eigenvalue weighted by atomic mass is 10.2. The third kappa shape index (κ3) is 4.11. The molecule has 1 aromatic rings. The molecule has 1 saturated heterocycles. The van der Waals surface area contributed by atoms with Crippen LogP contribution in [0.5, 0.6) is 11.5 Å². The average Bonchev–Trinajstić information content (AvgIpc) is 2.94. The Morgan fingerprint density at radius 3 is 2.74 bits per heavy atom. The summed E-state index contributed by atoms with van der Waals surface area (Å²) in [6.07, 6.45) is 2.65. The van der Waals surface area contributed by atoms with Crippen LogP contribution in [-0.4, -0.2) is 45.3 Å². The van der Waals surface area contributed by atoms with Crippen LogP contribution in [0.2, 0.25) is 0 Å². The molecule has 1 aromatic carbocycles. The van der Waals surface area contributed by atoms with Crippen LogP contribution in [0.25, 0.3) is 0 Å². The zero-order chi connectivity index (χ0) is 13.5. The van der Waals surface area contributed by atoms with Crippen molar-refractivity contribution in [2.45, 2.75) is 19.4 Å². The number of likely N-dealkylation sites (tertiary alicyclic amines) is 1. The summed E-state index contributed by atoms with van der Waals surface area (Å²) in [5, 5.41) is 3.16. The predicted octanol–water partition coefficient (Wildman–Crippen LogP) is 1.89. The van der Waals surface area contributed by atoms with Crippen LogP contribution in [0.1, 0.15) is 18.4 Å². The maximum atomic E-state index is 5.91. The fourth-order valence-corrected chi connectivity index (χ4v) is 2.44. The molecule has 0 saturated carbocycles. The molecule has 1 fully saturated rings. The molecular formula is C15H24N2O2. The van der Waals surface area contributed by atoms with Crippen LogP contribution < -0.4 is 14.8 Å². The van der Waals surface area contributed by atoms with Crippen molar-refractivity contribution >= 4 is 0 Å². The first-order chi connectivity index (χ1) is 9.33. The van der Waals surface area contributed by atoms with E-state index in [1.54, 1.807) is 7.11 Å². The monoisotopic (exact) mass is 264 g/mol. The highest BCUT2D eigenvalue weighted by Gasteiger charge is 2.11. The van der Waals surface area contributed by atoms with Crippen molar-refractivity contribution in [3.63, 3.8) is 0 Å². The molecule has 2 rings (SSSR count). The van der Waals surface area contributed by atoms with Gasteiger partial charge in [-0.25, -0.2) is 0 Å². The third-order valence-corrected chi connectivity index (χ3v) is 3.50. The van der Waals surface area contributed by atoms with Gasteiger partial charge in [-0.05, 0) is 51.2 Å². The SMILES string of the molecule is CNCc1cc(OC)ccc1OCCN1CCCC1. The lowest BCUT2D eigenvalue weighted by Crippen LogP contribution is -2.25. The number of ether oxygens (including phenoxy) is 2. The van der Waals surface area contributed by atoms with E-state index in [2.05, 4.69) is 10.2 Å². The summed E-state index contributed by atoms with van der Waals surface area (Å²) in [6.45, 7) is 5.00. The number of nitrogens with one attached hydrogen (secondary N) is 1. The molecule has 1 heterocycles. The summed E-state index contributed by atoms with van der Waals surface area (Å²) in [4.78, 5) is 2.46. The molecule has 1 aliphatic rings. The minimum atomic E-state index is 0.753. The number of benzene rings is 1. The Labute approximate surface area is 115 Å². The smallest absolute Gasteiger partial charge is 0.124 e. The van der Waals surface area contributed by atoms with Crippen molar-refractivity contribution in [1.29, 1.82) is 0 Å². The minimum Gasteiger partial charge on any atom is -0.497 e. The molecule has 4 heteroatoms. The molecule has 0 aromatic heterocycles. The van der Waals surface area contributed by atoms with Gasteiger partial charge in [0.05, 0.1) is 7.11 Å². The normalized spacial score (nSPS) is 15.7. The second kappa shape index (κ2) is 7.36. The van der Waals surface area contributed by atoms with Crippen LogP contribution >= 0.6 is 0 Å². The van der Waals surface area contributed by atoms with E-state index in [1.807, 2.05) is 25.2 Å². The largest absolute Gasteiger partial charge is 0.497 e. The average molecular weight is 264 g/mol. The Bertz CT molecular complexity index is 390.